The van der Waals surface area contributed by atoms with Crippen LogP contribution in [0.1, 0.15) is 60.3 Å². The van der Waals surface area contributed by atoms with Crippen LogP contribution in [0.4, 0.5) is 0 Å². The number of hydrogen-bond donors (Lipinski definition) is 0. The van der Waals surface area contributed by atoms with Crippen LogP contribution in [0.25, 0.3) is 0 Å². The van der Waals surface area contributed by atoms with E-state index in [1.54, 1.807) is 0 Å². The normalized spacial score (nSPS) is 29.2. The summed E-state index contributed by atoms with van der Waals surface area (Å²) in [4.78, 5) is 0. The summed E-state index contributed by atoms with van der Waals surface area (Å²) in [6.07, 6.45) is 5.65. The Hall–Kier alpha value is 0. The highest BCUT2D eigenvalue weighted by Gasteiger charge is 2.42. The first-order valence-electron chi connectivity index (χ1n) is 5.40. The standard InChI is InChI=1S/C12H24/c1-6-11(2,3)10-8-7-9-12(10,4)5/h10H,6-9H2,1-5H3. The van der Waals surface area contributed by atoms with Crippen LogP contribution >= 0.6 is 0 Å². The highest BCUT2D eigenvalue weighted by Crippen LogP contribution is 2.52. The Morgan fingerprint density at radius 3 is 2.25 bits per heavy atom. The third-order valence-electron chi connectivity index (χ3n) is 4.11. The van der Waals surface area contributed by atoms with E-state index >= 15 is 0 Å². The minimum atomic E-state index is 0.556. The molecule has 12 heavy (non-hydrogen) atoms. The Kier molecular flexibility index (Phi) is 2.56. The molecule has 1 rings (SSSR count). The first-order valence-corrected chi connectivity index (χ1v) is 5.40. The molecule has 1 unspecified atom stereocenters. The highest BCUT2D eigenvalue weighted by molar-refractivity contribution is 4.92. The van der Waals surface area contributed by atoms with E-state index in [9.17, 15) is 0 Å². The summed E-state index contributed by atoms with van der Waals surface area (Å²) in [6.45, 7) is 12.1. The van der Waals surface area contributed by atoms with E-state index in [-0.39, 0.29) is 0 Å². The molecule has 0 aliphatic heterocycles. The Labute approximate surface area is 77.7 Å². The molecule has 72 valence electrons. The van der Waals surface area contributed by atoms with Crippen molar-refractivity contribution in [3.05, 3.63) is 0 Å². The van der Waals surface area contributed by atoms with Crippen LogP contribution in [0.5, 0.6) is 0 Å². The summed E-state index contributed by atoms with van der Waals surface area (Å²) in [7, 11) is 0. The Morgan fingerprint density at radius 1 is 1.33 bits per heavy atom. The fraction of sp³-hybridized carbons (Fsp3) is 1.00. The van der Waals surface area contributed by atoms with Gasteiger partial charge < -0.3 is 0 Å². The second-order valence-corrected chi connectivity index (χ2v) is 5.78. The van der Waals surface area contributed by atoms with Gasteiger partial charge in [0.15, 0.2) is 0 Å². The average Bonchev–Trinajstić information content (AvgIpc) is 2.30. The molecule has 1 atom stereocenters. The van der Waals surface area contributed by atoms with E-state index in [4.69, 9.17) is 0 Å². The van der Waals surface area contributed by atoms with Gasteiger partial charge in [0.2, 0.25) is 0 Å². The predicted molar refractivity (Wildman–Crippen MR) is 55.2 cm³/mol. The molecule has 1 fully saturated rings. The summed E-state index contributed by atoms with van der Waals surface area (Å²) in [5.41, 5.74) is 1.15. The molecule has 0 aromatic heterocycles. The lowest BCUT2D eigenvalue weighted by Gasteiger charge is -2.39. The minimum absolute atomic E-state index is 0.556. The molecule has 0 amide bonds. The molecule has 0 saturated heterocycles. The van der Waals surface area contributed by atoms with Gasteiger partial charge in [-0.05, 0) is 29.6 Å². The smallest absolute Gasteiger partial charge is 0.0311 e. The van der Waals surface area contributed by atoms with Gasteiger partial charge >= 0.3 is 0 Å². The van der Waals surface area contributed by atoms with Crippen molar-refractivity contribution < 1.29 is 0 Å². The van der Waals surface area contributed by atoms with E-state index in [2.05, 4.69) is 34.6 Å². The zero-order valence-electron chi connectivity index (χ0n) is 9.41. The van der Waals surface area contributed by atoms with Gasteiger partial charge in [-0.2, -0.15) is 0 Å². The largest absolute Gasteiger partial charge is 0.0649 e. The second-order valence-electron chi connectivity index (χ2n) is 5.78. The van der Waals surface area contributed by atoms with Crippen LogP contribution in [-0.2, 0) is 0 Å². The highest BCUT2D eigenvalue weighted by atomic mass is 14.5. The van der Waals surface area contributed by atoms with Gasteiger partial charge in [-0.3, -0.25) is 0 Å². The number of rotatable bonds is 2. The van der Waals surface area contributed by atoms with Gasteiger partial charge in [-0.25, -0.2) is 0 Å². The Balaban J connectivity index is 2.74. The van der Waals surface area contributed by atoms with E-state index in [1.165, 1.54) is 25.7 Å². The zero-order valence-corrected chi connectivity index (χ0v) is 9.41. The first kappa shape index (κ1) is 10.1. The molecule has 1 saturated carbocycles. The predicted octanol–water partition coefficient (Wildman–Crippen LogP) is 4.25. The number of hydrogen-bond acceptors (Lipinski definition) is 0. The molecule has 0 nitrogen and oxygen atoms in total. The van der Waals surface area contributed by atoms with E-state index < -0.39 is 0 Å². The van der Waals surface area contributed by atoms with Crippen molar-refractivity contribution in [2.75, 3.05) is 0 Å². The zero-order chi connectivity index (χ0) is 9.41. The van der Waals surface area contributed by atoms with Gasteiger partial charge in [0, 0.05) is 0 Å². The van der Waals surface area contributed by atoms with Crippen LogP contribution in [0, 0.1) is 16.7 Å². The van der Waals surface area contributed by atoms with Gasteiger partial charge in [-0.1, -0.05) is 47.5 Å². The van der Waals surface area contributed by atoms with Gasteiger partial charge in [0.25, 0.3) is 0 Å². The molecular formula is C12H24. The fourth-order valence-corrected chi connectivity index (χ4v) is 3.02. The van der Waals surface area contributed by atoms with Crippen LogP contribution in [0.3, 0.4) is 0 Å². The second kappa shape index (κ2) is 3.05. The molecule has 1 aliphatic rings. The lowest BCUT2D eigenvalue weighted by atomic mass is 9.66. The molecule has 0 aromatic rings. The molecule has 0 aromatic carbocycles. The monoisotopic (exact) mass is 168 g/mol. The van der Waals surface area contributed by atoms with Gasteiger partial charge in [0.1, 0.15) is 0 Å². The quantitative estimate of drug-likeness (QED) is 0.578. The van der Waals surface area contributed by atoms with E-state index in [0.29, 0.717) is 10.8 Å². The van der Waals surface area contributed by atoms with Crippen molar-refractivity contribution in [1.29, 1.82) is 0 Å². The van der Waals surface area contributed by atoms with E-state index in [1.807, 2.05) is 0 Å². The van der Waals surface area contributed by atoms with Crippen LogP contribution in [-0.4, -0.2) is 0 Å². The van der Waals surface area contributed by atoms with Crippen molar-refractivity contribution in [3.63, 3.8) is 0 Å². The third kappa shape index (κ3) is 1.67. The van der Waals surface area contributed by atoms with Crippen molar-refractivity contribution in [1.82, 2.24) is 0 Å². The van der Waals surface area contributed by atoms with Crippen LogP contribution < -0.4 is 0 Å². The SMILES string of the molecule is CCC(C)(C)C1CCCC1(C)C. The first-order chi connectivity index (χ1) is 5.40. The summed E-state index contributed by atoms with van der Waals surface area (Å²) >= 11 is 0. The summed E-state index contributed by atoms with van der Waals surface area (Å²) in [5, 5.41) is 0. The summed E-state index contributed by atoms with van der Waals surface area (Å²) in [6, 6.07) is 0. The summed E-state index contributed by atoms with van der Waals surface area (Å²) in [5.74, 6) is 0.940. The maximum Gasteiger partial charge on any atom is -0.0311 e. The summed E-state index contributed by atoms with van der Waals surface area (Å²) < 4.78 is 0. The fourth-order valence-electron chi connectivity index (χ4n) is 3.02. The Morgan fingerprint density at radius 2 is 1.92 bits per heavy atom. The Bertz CT molecular complexity index is 153. The molecule has 0 heterocycles. The van der Waals surface area contributed by atoms with Crippen LogP contribution in [0.2, 0.25) is 0 Å². The van der Waals surface area contributed by atoms with E-state index in [0.717, 1.165) is 5.92 Å². The lowest BCUT2D eigenvalue weighted by Crippen LogP contribution is -2.31. The molecule has 0 heteroatoms. The molecule has 0 spiro atoms. The van der Waals surface area contributed by atoms with Crippen molar-refractivity contribution >= 4 is 0 Å². The maximum atomic E-state index is 2.45. The topological polar surface area (TPSA) is 0 Å². The lowest BCUT2D eigenvalue weighted by molar-refractivity contribution is 0.0995. The van der Waals surface area contributed by atoms with Crippen LogP contribution in [0.15, 0.2) is 0 Å². The van der Waals surface area contributed by atoms with Gasteiger partial charge in [0.05, 0.1) is 0 Å². The molecule has 1 aliphatic carbocycles. The van der Waals surface area contributed by atoms with Crippen molar-refractivity contribution in [2.24, 2.45) is 16.7 Å². The molecule has 0 N–H and O–H groups in total. The average molecular weight is 168 g/mol. The van der Waals surface area contributed by atoms with Gasteiger partial charge in [-0.15, -0.1) is 0 Å². The minimum Gasteiger partial charge on any atom is -0.0649 e. The molecular weight excluding hydrogens is 144 g/mol. The molecule has 0 bridgehead atoms. The van der Waals surface area contributed by atoms with Crippen molar-refractivity contribution in [2.45, 2.75) is 60.3 Å². The van der Waals surface area contributed by atoms with Crippen molar-refractivity contribution in [3.8, 4) is 0 Å². The molecule has 0 radical (unpaired) electrons. The third-order valence-corrected chi connectivity index (χ3v) is 4.11. The maximum absolute atomic E-state index is 2.45.